The molecule has 3 heterocycles. The van der Waals surface area contributed by atoms with Crippen LogP contribution in [-0.2, 0) is 7.05 Å². The molecule has 0 spiro atoms. The molecule has 30 heavy (non-hydrogen) atoms. The molecule has 11 heteroatoms. The summed E-state index contributed by atoms with van der Waals surface area (Å²) in [5.74, 6) is 0.191. The topological polar surface area (TPSA) is 136 Å². The summed E-state index contributed by atoms with van der Waals surface area (Å²) >= 11 is 0. The number of pyridine rings is 1. The van der Waals surface area contributed by atoms with Crippen LogP contribution >= 0.6 is 0 Å². The highest BCUT2D eigenvalue weighted by Gasteiger charge is 2.20. The number of hydrogen-bond acceptors (Lipinski definition) is 8. The third kappa shape index (κ3) is 4.69. The molecule has 0 unspecified atom stereocenters. The number of anilines is 3. The van der Waals surface area contributed by atoms with E-state index in [0.29, 0.717) is 17.2 Å². The molecule has 0 atom stereocenters. The number of carbonyl (C=O) groups is 2. The summed E-state index contributed by atoms with van der Waals surface area (Å²) in [4.78, 5) is 37.3. The van der Waals surface area contributed by atoms with Gasteiger partial charge in [-0.1, -0.05) is 13.8 Å². The first-order chi connectivity index (χ1) is 14.4. The number of aromatic nitrogens is 5. The van der Waals surface area contributed by atoms with Gasteiger partial charge in [-0.3, -0.25) is 19.8 Å². The Kier molecular flexibility index (Phi) is 6.20. The van der Waals surface area contributed by atoms with E-state index < -0.39 is 12.0 Å². The maximum absolute atomic E-state index is 12.5. The Bertz CT molecular complexity index is 1050. The number of carbonyl (C=O) groups excluding carboxylic acids is 2. The van der Waals surface area contributed by atoms with Crippen molar-refractivity contribution in [3.63, 3.8) is 0 Å². The second kappa shape index (κ2) is 8.99. The first-order valence-electron chi connectivity index (χ1n) is 9.16. The number of nitrogens with one attached hydrogen (secondary N) is 3. The Morgan fingerprint density at radius 2 is 1.97 bits per heavy atom. The second-order valence-corrected chi connectivity index (χ2v) is 6.59. The molecule has 3 rings (SSSR count). The Balaban J connectivity index is 1.85. The fourth-order valence-electron chi connectivity index (χ4n) is 2.55. The predicted molar refractivity (Wildman–Crippen MR) is 110 cm³/mol. The van der Waals surface area contributed by atoms with Crippen LogP contribution < -0.4 is 20.7 Å². The average Bonchev–Trinajstić information content (AvgIpc) is 3.09. The van der Waals surface area contributed by atoms with Gasteiger partial charge in [0.15, 0.2) is 0 Å². The largest absolute Gasteiger partial charge is 0.418 e. The molecule has 2 amide bonds. The number of rotatable bonds is 6. The van der Waals surface area contributed by atoms with Gasteiger partial charge < -0.3 is 15.4 Å². The van der Waals surface area contributed by atoms with Crippen LogP contribution in [0.25, 0.3) is 0 Å². The van der Waals surface area contributed by atoms with Crippen LogP contribution in [0.15, 0.2) is 36.9 Å². The molecule has 11 nitrogen and oxygen atoms in total. The molecule has 0 radical (unpaired) electrons. The minimum atomic E-state index is -0.823. The predicted octanol–water partition coefficient (Wildman–Crippen LogP) is 2.44. The highest BCUT2D eigenvalue weighted by Crippen LogP contribution is 2.27. The zero-order chi connectivity index (χ0) is 21.7. The van der Waals surface area contributed by atoms with Gasteiger partial charge in [0.2, 0.25) is 0 Å². The number of nitrogens with zero attached hydrogens (tertiary/aromatic N) is 5. The highest BCUT2D eigenvalue weighted by molar-refractivity contribution is 6.01. The van der Waals surface area contributed by atoms with E-state index >= 15 is 0 Å². The van der Waals surface area contributed by atoms with Crippen LogP contribution in [0.3, 0.4) is 0 Å². The smallest absolute Gasteiger partial charge is 0.389 e. The lowest BCUT2D eigenvalue weighted by Crippen LogP contribution is -2.25. The van der Waals surface area contributed by atoms with Crippen molar-refractivity contribution in [3.05, 3.63) is 48.4 Å². The van der Waals surface area contributed by atoms with Crippen molar-refractivity contribution in [2.75, 3.05) is 17.7 Å². The van der Waals surface area contributed by atoms with E-state index in [1.807, 2.05) is 13.8 Å². The summed E-state index contributed by atoms with van der Waals surface area (Å²) in [6, 6.07) is 3.57. The molecule has 3 aromatic heterocycles. The van der Waals surface area contributed by atoms with Crippen molar-refractivity contribution in [1.29, 1.82) is 0 Å². The van der Waals surface area contributed by atoms with Crippen LogP contribution in [0.4, 0.5) is 21.9 Å². The zero-order valence-corrected chi connectivity index (χ0v) is 17.0. The Labute approximate surface area is 172 Å². The molecular weight excluding hydrogens is 388 g/mol. The van der Waals surface area contributed by atoms with E-state index in [2.05, 4.69) is 36.0 Å². The lowest BCUT2D eigenvalue weighted by molar-refractivity contribution is 0.0954. The first-order valence-corrected chi connectivity index (χ1v) is 9.16. The van der Waals surface area contributed by atoms with Gasteiger partial charge in [-0.2, -0.15) is 10.1 Å². The molecule has 3 aromatic rings. The van der Waals surface area contributed by atoms with E-state index in [-0.39, 0.29) is 23.2 Å². The summed E-state index contributed by atoms with van der Waals surface area (Å²) in [5.41, 5.74) is 1.47. The van der Waals surface area contributed by atoms with Gasteiger partial charge in [-0.25, -0.2) is 9.78 Å². The van der Waals surface area contributed by atoms with Crippen molar-refractivity contribution < 1.29 is 14.3 Å². The van der Waals surface area contributed by atoms with Crippen LogP contribution in [0, 0.1) is 0 Å². The van der Waals surface area contributed by atoms with E-state index in [0.717, 1.165) is 0 Å². The molecule has 0 aromatic carbocycles. The minimum absolute atomic E-state index is 0.0287. The summed E-state index contributed by atoms with van der Waals surface area (Å²) < 4.78 is 6.79. The van der Waals surface area contributed by atoms with Gasteiger partial charge in [0.25, 0.3) is 11.8 Å². The van der Waals surface area contributed by atoms with Gasteiger partial charge in [0.05, 0.1) is 30.0 Å². The van der Waals surface area contributed by atoms with Crippen LogP contribution in [0.5, 0.6) is 5.88 Å². The quantitative estimate of drug-likeness (QED) is 0.564. The molecule has 3 N–H and O–H groups in total. The Morgan fingerprint density at radius 1 is 1.17 bits per heavy atom. The molecule has 0 bridgehead atoms. The Morgan fingerprint density at radius 3 is 2.63 bits per heavy atom. The van der Waals surface area contributed by atoms with Crippen molar-refractivity contribution >= 4 is 29.1 Å². The maximum atomic E-state index is 12.5. The molecular formula is C19H22N8O3. The van der Waals surface area contributed by atoms with Crippen LogP contribution in [0.2, 0.25) is 0 Å². The third-order valence-electron chi connectivity index (χ3n) is 4.04. The molecule has 0 aliphatic rings. The first kappa shape index (κ1) is 20.7. The van der Waals surface area contributed by atoms with Gasteiger partial charge in [0, 0.05) is 26.2 Å². The molecule has 0 aliphatic carbocycles. The molecule has 0 saturated carbocycles. The summed E-state index contributed by atoms with van der Waals surface area (Å²) in [7, 11) is 3.08. The summed E-state index contributed by atoms with van der Waals surface area (Å²) in [6.45, 7) is 3.86. The molecule has 0 fully saturated rings. The molecule has 156 valence electrons. The summed E-state index contributed by atoms with van der Waals surface area (Å²) in [5, 5.41) is 12.1. The zero-order valence-electron chi connectivity index (χ0n) is 17.0. The normalized spacial score (nSPS) is 10.6. The minimum Gasteiger partial charge on any atom is -0.389 e. The molecule has 0 aliphatic heterocycles. The lowest BCUT2D eigenvalue weighted by atomic mass is 10.2. The molecule has 0 saturated heterocycles. The van der Waals surface area contributed by atoms with E-state index in [4.69, 9.17) is 4.74 Å². The van der Waals surface area contributed by atoms with Crippen molar-refractivity contribution in [2.45, 2.75) is 19.8 Å². The van der Waals surface area contributed by atoms with E-state index in [9.17, 15) is 9.59 Å². The fraction of sp³-hybridized carbons (Fsp3) is 0.263. The second-order valence-electron chi connectivity index (χ2n) is 6.59. The van der Waals surface area contributed by atoms with Crippen molar-refractivity contribution in [3.8, 4) is 5.88 Å². The monoisotopic (exact) mass is 410 g/mol. The number of aryl methyl sites for hydroxylation is 1. The Hall–Kier alpha value is -4.02. The van der Waals surface area contributed by atoms with Gasteiger partial charge in [0.1, 0.15) is 17.2 Å². The van der Waals surface area contributed by atoms with Crippen LogP contribution in [0.1, 0.15) is 36.1 Å². The fourth-order valence-corrected chi connectivity index (χ4v) is 2.55. The van der Waals surface area contributed by atoms with E-state index in [1.54, 1.807) is 31.6 Å². The maximum Gasteiger partial charge on any atom is 0.418 e. The van der Waals surface area contributed by atoms with Gasteiger partial charge >= 0.3 is 6.09 Å². The lowest BCUT2D eigenvalue weighted by Gasteiger charge is -2.13. The third-order valence-corrected chi connectivity index (χ3v) is 4.04. The van der Waals surface area contributed by atoms with Crippen molar-refractivity contribution in [1.82, 2.24) is 30.0 Å². The SMILES string of the molecule is CNC(=O)c1c(NC(=O)Oc2nc(C(C)C)ncc2Nc2cccnc2)cnn1C. The van der Waals surface area contributed by atoms with Gasteiger partial charge in [-0.15, -0.1) is 0 Å². The van der Waals surface area contributed by atoms with Gasteiger partial charge in [-0.05, 0) is 12.1 Å². The number of hydrogen-bond donors (Lipinski definition) is 3. The highest BCUT2D eigenvalue weighted by atomic mass is 16.6. The average molecular weight is 410 g/mol. The standard InChI is InChI=1S/C19H22N8O3/c1-11(2)16-22-9-14(24-12-6-5-7-21-8-12)18(26-16)30-19(29)25-13-10-23-27(4)15(13)17(28)20-3/h5-11,24H,1-4H3,(H,20,28)(H,25,29). The van der Waals surface area contributed by atoms with Crippen molar-refractivity contribution in [2.24, 2.45) is 7.05 Å². The van der Waals surface area contributed by atoms with E-state index in [1.165, 1.54) is 24.1 Å². The summed E-state index contributed by atoms with van der Waals surface area (Å²) in [6.07, 6.45) is 5.34. The number of ether oxygens (including phenoxy) is 1. The van der Waals surface area contributed by atoms with Crippen LogP contribution in [-0.4, -0.2) is 43.8 Å². The number of amides is 2.